The molecule has 2 aromatic rings. The molecule has 118 valence electrons. The molecule has 1 amide bonds. The summed E-state index contributed by atoms with van der Waals surface area (Å²) in [5.74, 6) is -0.00996. The second-order valence-electron chi connectivity index (χ2n) is 5.89. The Bertz CT molecular complexity index is 677. The summed E-state index contributed by atoms with van der Waals surface area (Å²) < 4.78 is 1.74. The maximum Gasteiger partial charge on any atom is 0.263 e. The van der Waals surface area contributed by atoms with Gasteiger partial charge in [0.05, 0.1) is 11.9 Å². The van der Waals surface area contributed by atoms with Gasteiger partial charge >= 0.3 is 0 Å². The third kappa shape index (κ3) is 3.20. The highest BCUT2D eigenvalue weighted by Gasteiger charge is 2.23. The first-order valence-electron chi connectivity index (χ1n) is 7.53. The highest BCUT2D eigenvalue weighted by Crippen LogP contribution is 2.27. The monoisotopic (exact) mass is 319 g/mol. The number of rotatable bonds is 3. The van der Waals surface area contributed by atoms with E-state index < -0.39 is 0 Å². The highest BCUT2D eigenvalue weighted by molar-refractivity contribution is 7.17. The summed E-state index contributed by atoms with van der Waals surface area (Å²) in [5, 5.41) is 11.5. The molecule has 2 aromatic heterocycles. The van der Waals surface area contributed by atoms with Gasteiger partial charge in [0.2, 0.25) is 0 Å². The second kappa shape index (κ2) is 6.18. The molecule has 2 N–H and O–H groups in total. The van der Waals surface area contributed by atoms with Gasteiger partial charge in [-0.2, -0.15) is 5.10 Å². The molecule has 0 spiro atoms. The second-order valence-corrected chi connectivity index (χ2v) is 6.89. The van der Waals surface area contributed by atoms with E-state index in [1.54, 1.807) is 10.9 Å². The molecule has 3 heterocycles. The largest absolute Gasteiger partial charge is 0.348 e. The third-order valence-corrected chi connectivity index (χ3v) is 5.12. The zero-order valence-corrected chi connectivity index (χ0v) is 13.9. The van der Waals surface area contributed by atoms with Crippen molar-refractivity contribution in [3.05, 3.63) is 23.0 Å². The number of carbonyl (C=O) groups is 1. The van der Waals surface area contributed by atoms with Crippen LogP contribution in [0.2, 0.25) is 0 Å². The molecule has 1 saturated heterocycles. The average Bonchev–Trinajstić information content (AvgIpc) is 3.05. The minimum atomic E-state index is -0.00996. The molecule has 6 nitrogen and oxygen atoms in total. The van der Waals surface area contributed by atoms with Gasteiger partial charge in [0.1, 0.15) is 9.88 Å². The first kappa shape index (κ1) is 15.2. The zero-order chi connectivity index (χ0) is 15.7. The van der Waals surface area contributed by atoms with E-state index >= 15 is 0 Å². The molecule has 1 fully saturated rings. The first-order valence-corrected chi connectivity index (χ1v) is 8.35. The summed E-state index contributed by atoms with van der Waals surface area (Å²) in [6.45, 7) is 4.99. The van der Waals surface area contributed by atoms with Crippen LogP contribution >= 0.6 is 11.3 Å². The summed E-state index contributed by atoms with van der Waals surface area (Å²) in [6.07, 6.45) is 5.63. The van der Waals surface area contributed by atoms with Crippen molar-refractivity contribution in [1.29, 1.82) is 0 Å². The van der Waals surface area contributed by atoms with Gasteiger partial charge < -0.3 is 10.6 Å². The lowest BCUT2D eigenvalue weighted by Crippen LogP contribution is -2.46. The van der Waals surface area contributed by atoms with Crippen molar-refractivity contribution in [3.8, 4) is 10.6 Å². The Kier molecular flexibility index (Phi) is 4.26. The van der Waals surface area contributed by atoms with Gasteiger partial charge in [0, 0.05) is 30.9 Å². The fraction of sp³-hybridized carbons (Fsp3) is 0.533. The lowest BCUT2D eigenvalue weighted by molar-refractivity contribution is 0.0929. The zero-order valence-electron chi connectivity index (χ0n) is 13.1. The van der Waals surface area contributed by atoms with Crippen LogP contribution in [0, 0.1) is 6.92 Å². The van der Waals surface area contributed by atoms with Crippen molar-refractivity contribution < 1.29 is 4.79 Å². The number of nitrogens with one attached hydrogen (secondary N) is 2. The fourth-order valence-electron chi connectivity index (χ4n) is 2.78. The third-order valence-electron chi connectivity index (χ3n) is 3.91. The van der Waals surface area contributed by atoms with Crippen molar-refractivity contribution in [1.82, 2.24) is 25.4 Å². The van der Waals surface area contributed by atoms with Crippen LogP contribution in [-0.4, -0.2) is 39.3 Å². The van der Waals surface area contributed by atoms with Gasteiger partial charge in [-0.05, 0) is 33.2 Å². The van der Waals surface area contributed by atoms with Crippen molar-refractivity contribution >= 4 is 17.2 Å². The van der Waals surface area contributed by atoms with E-state index in [1.807, 2.05) is 20.2 Å². The van der Waals surface area contributed by atoms with Crippen molar-refractivity contribution in [3.63, 3.8) is 0 Å². The molecule has 2 atom stereocenters. The lowest BCUT2D eigenvalue weighted by atomic mass is 10.0. The van der Waals surface area contributed by atoms with Crippen LogP contribution < -0.4 is 10.6 Å². The number of aromatic nitrogens is 3. The van der Waals surface area contributed by atoms with Gasteiger partial charge in [0.15, 0.2) is 0 Å². The number of aryl methyl sites for hydroxylation is 2. The van der Waals surface area contributed by atoms with Crippen LogP contribution in [-0.2, 0) is 7.05 Å². The van der Waals surface area contributed by atoms with Gasteiger partial charge in [-0.3, -0.25) is 9.48 Å². The number of carbonyl (C=O) groups excluding carboxylic acids is 1. The first-order chi connectivity index (χ1) is 10.5. The predicted octanol–water partition coefficient (Wildman–Crippen LogP) is 1.72. The average molecular weight is 319 g/mol. The Hall–Kier alpha value is -1.73. The topological polar surface area (TPSA) is 71.8 Å². The highest BCUT2D eigenvalue weighted by atomic mass is 32.1. The van der Waals surface area contributed by atoms with E-state index in [2.05, 4.69) is 27.6 Å². The Morgan fingerprint density at radius 3 is 3.05 bits per heavy atom. The predicted molar refractivity (Wildman–Crippen MR) is 87.0 cm³/mol. The SMILES string of the molecule is Cc1nc(-c2cnn(C)c2)sc1C(=O)NC1CCNC(C)C1. The molecule has 0 aliphatic carbocycles. The Labute approximate surface area is 133 Å². The molecule has 1 aliphatic heterocycles. The Balaban J connectivity index is 1.74. The standard InChI is InChI=1S/C15H21N5OS/c1-9-6-12(4-5-16-9)19-14(21)13-10(2)18-15(22-13)11-7-17-20(3)8-11/h7-9,12,16H,4-6H2,1-3H3,(H,19,21). The maximum absolute atomic E-state index is 12.5. The molecule has 0 aromatic carbocycles. The van der Waals surface area contributed by atoms with Crippen LogP contribution in [0.1, 0.15) is 35.1 Å². The number of hydrogen-bond acceptors (Lipinski definition) is 5. The molecule has 2 unspecified atom stereocenters. The Morgan fingerprint density at radius 2 is 2.36 bits per heavy atom. The van der Waals surface area contributed by atoms with Crippen molar-refractivity contribution in [2.45, 2.75) is 38.8 Å². The van der Waals surface area contributed by atoms with Crippen LogP contribution in [0.3, 0.4) is 0 Å². The minimum absolute atomic E-state index is 0.00996. The van der Waals surface area contributed by atoms with E-state index in [4.69, 9.17) is 0 Å². The van der Waals surface area contributed by atoms with E-state index in [9.17, 15) is 4.79 Å². The van der Waals surface area contributed by atoms with Crippen LogP contribution in [0.15, 0.2) is 12.4 Å². The quantitative estimate of drug-likeness (QED) is 0.903. The summed E-state index contributed by atoms with van der Waals surface area (Å²) in [5.41, 5.74) is 1.73. The van der Waals surface area contributed by atoms with E-state index in [0.717, 1.165) is 35.7 Å². The van der Waals surface area contributed by atoms with E-state index in [0.29, 0.717) is 10.9 Å². The normalized spacial score (nSPS) is 21.8. The van der Waals surface area contributed by atoms with Crippen LogP contribution in [0.5, 0.6) is 0 Å². The van der Waals surface area contributed by atoms with Gasteiger partial charge in [-0.15, -0.1) is 11.3 Å². The minimum Gasteiger partial charge on any atom is -0.348 e. The van der Waals surface area contributed by atoms with Crippen molar-refractivity contribution in [2.24, 2.45) is 7.05 Å². The number of thiazole rings is 1. The molecule has 22 heavy (non-hydrogen) atoms. The number of hydrogen-bond donors (Lipinski definition) is 2. The number of amides is 1. The maximum atomic E-state index is 12.5. The van der Waals surface area contributed by atoms with Gasteiger partial charge in [-0.25, -0.2) is 4.98 Å². The molecule has 0 radical (unpaired) electrons. The number of piperidine rings is 1. The summed E-state index contributed by atoms with van der Waals surface area (Å²) in [6, 6.07) is 0.694. The molecule has 0 bridgehead atoms. The van der Waals surface area contributed by atoms with E-state index in [1.165, 1.54) is 11.3 Å². The molecule has 1 aliphatic rings. The van der Waals surface area contributed by atoms with Crippen molar-refractivity contribution in [2.75, 3.05) is 6.54 Å². The molecular formula is C15H21N5OS. The van der Waals surface area contributed by atoms with Crippen LogP contribution in [0.25, 0.3) is 10.6 Å². The summed E-state index contributed by atoms with van der Waals surface area (Å²) >= 11 is 1.43. The smallest absolute Gasteiger partial charge is 0.263 e. The summed E-state index contributed by atoms with van der Waals surface area (Å²) in [4.78, 5) is 17.7. The van der Waals surface area contributed by atoms with Crippen LogP contribution in [0.4, 0.5) is 0 Å². The Morgan fingerprint density at radius 1 is 1.55 bits per heavy atom. The number of nitrogens with zero attached hydrogens (tertiary/aromatic N) is 3. The summed E-state index contributed by atoms with van der Waals surface area (Å²) in [7, 11) is 1.87. The van der Waals surface area contributed by atoms with Gasteiger partial charge in [-0.1, -0.05) is 0 Å². The molecule has 3 rings (SSSR count). The fourth-order valence-corrected chi connectivity index (χ4v) is 3.72. The van der Waals surface area contributed by atoms with Gasteiger partial charge in [0.25, 0.3) is 5.91 Å². The van der Waals surface area contributed by atoms with E-state index in [-0.39, 0.29) is 11.9 Å². The molecule has 0 saturated carbocycles. The lowest BCUT2D eigenvalue weighted by Gasteiger charge is -2.28. The molecule has 7 heteroatoms. The molecular weight excluding hydrogens is 298 g/mol.